The second kappa shape index (κ2) is 8.64. The maximum atomic E-state index is 12.2. The zero-order valence-electron chi connectivity index (χ0n) is 14.4. The van der Waals surface area contributed by atoms with Gasteiger partial charge in [0.2, 0.25) is 11.8 Å². The van der Waals surface area contributed by atoms with E-state index < -0.39 is 0 Å². The fourth-order valence-corrected chi connectivity index (χ4v) is 2.67. The molecule has 134 valence electrons. The standard InChI is InChI=1S/C17H21ClN4O3/c1-11(22-7-6-19-12(22)2)8-16(23)20-13-4-5-15(14(18)9-13)21-17(24)10-25-3/h4-7,9,11H,8,10H2,1-3H3,(H,20,23)(H,21,24). The third-order valence-electron chi connectivity index (χ3n) is 3.62. The van der Waals surface area contributed by atoms with Crippen LogP contribution in [0, 0.1) is 6.92 Å². The Balaban J connectivity index is 1.96. The quantitative estimate of drug-likeness (QED) is 0.790. The molecule has 2 amide bonds. The number of carbonyl (C=O) groups is 2. The van der Waals surface area contributed by atoms with Gasteiger partial charge in [-0.25, -0.2) is 4.98 Å². The topological polar surface area (TPSA) is 85.3 Å². The Kier molecular flexibility index (Phi) is 6.55. The molecule has 1 aromatic carbocycles. The smallest absolute Gasteiger partial charge is 0.250 e. The summed E-state index contributed by atoms with van der Waals surface area (Å²) >= 11 is 6.15. The van der Waals surface area contributed by atoms with Gasteiger partial charge in [0.05, 0.1) is 10.7 Å². The molecule has 0 saturated heterocycles. The van der Waals surface area contributed by atoms with Crippen LogP contribution in [-0.4, -0.2) is 35.1 Å². The summed E-state index contributed by atoms with van der Waals surface area (Å²) in [5.41, 5.74) is 1.03. The molecule has 25 heavy (non-hydrogen) atoms. The Hall–Kier alpha value is -2.38. The van der Waals surface area contributed by atoms with E-state index in [1.165, 1.54) is 7.11 Å². The average molecular weight is 365 g/mol. The minimum atomic E-state index is -0.300. The molecule has 1 unspecified atom stereocenters. The molecule has 1 heterocycles. The summed E-state index contributed by atoms with van der Waals surface area (Å²) in [5, 5.41) is 5.77. The van der Waals surface area contributed by atoms with Crippen LogP contribution in [-0.2, 0) is 14.3 Å². The van der Waals surface area contributed by atoms with Crippen molar-refractivity contribution in [2.75, 3.05) is 24.4 Å². The van der Waals surface area contributed by atoms with E-state index in [4.69, 9.17) is 16.3 Å². The van der Waals surface area contributed by atoms with Crippen LogP contribution >= 0.6 is 11.6 Å². The van der Waals surface area contributed by atoms with E-state index in [0.29, 0.717) is 22.8 Å². The molecule has 2 rings (SSSR count). The van der Waals surface area contributed by atoms with Crippen LogP contribution in [0.2, 0.25) is 5.02 Å². The molecule has 0 radical (unpaired) electrons. The highest BCUT2D eigenvalue weighted by Gasteiger charge is 2.13. The number of ether oxygens (including phenoxy) is 1. The summed E-state index contributed by atoms with van der Waals surface area (Å²) in [7, 11) is 1.44. The summed E-state index contributed by atoms with van der Waals surface area (Å²) in [5.74, 6) is 0.429. The van der Waals surface area contributed by atoms with Gasteiger partial charge in [0.25, 0.3) is 0 Å². The normalized spacial score (nSPS) is 11.8. The number of halogens is 1. The zero-order chi connectivity index (χ0) is 18.4. The predicted molar refractivity (Wildman–Crippen MR) is 96.9 cm³/mol. The van der Waals surface area contributed by atoms with Gasteiger partial charge < -0.3 is 19.9 Å². The number of amides is 2. The van der Waals surface area contributed by atoms with Crippen molar-refractivity contribution in [2.45, 2.75) is 26.3 Å². The lowest BCUT2D eigenvalue weighted by atomic mass is 10.2. The van der Waals surface area contributed by atoms with Crippen LogP contribution in [0.1, 0.15) is 25.2 Å². The Morgan fingerprint density at radius 3 is 2.68 bits per heavy atom. The van der Waals surface area contributed by atoms with E-state index >= 15 is 0 Å². The largest absolute Gasteiger partial charge is 0.375 e. The fraction of sp³-hybridized carbons (Fsp3) is 0.353. The number of methoxy groups -OCH3 is 1. The van der Waals surface area contributed by atoms with Crippen LogP contribution in [0.4, 0.5) is 11.4 Å². The molecule has 8 heteroatoms. The van der Waals surface area contributed by atoms with Gasteiger partial charge in [-0.3, -0.25) is 9.59 Å². The number of anilines is 2. The van der Waals surface area contributed by atoms with E-state index in [2.05, 4.69) is 15.6 Å². The monoisotopic (exact) mass is 364 g/mol. The number of imidazole rings is 1. The van der Waals surface area contributed by atoms with E-state index in [1.807, 2.05) is 24.6 Å². The molecule has 1 atom stereocenters. The second-order valence-corrected chi connectivity index (χ2v) is 6.07. The van der Waals surface area contributed by atoms with Crippen LogP contribution in [0.15, 0.2) is 30.6 Å². The Labute approximate surface area is 151 Å². The highest BCUT2D eigenvalue weighted by molar-refractivity contribution is 6.34. The average Bonchev–Trinajstić information content (AvgIpc) is 2.96. The highest BCUT2D eigenvalue weighted by atomic mass is 35.5. The number of nitrogens with zero attached hydrogens (tertiary/aromatic N) is 2. The van der Waals surface area contributed by atoms with E-state index in [1.54, 1.807) is 24.4 Å². The van der Waals surface area contributed by atoms with Gasteiger partial charge in [0.15, 0.2) is 0 Å². The minimum Gasteiger partial charge on any atom is -0.375 e. The van der Waals surface area contributed by atoms with Crippen molar-refractivity contribution < 1.29 is 14.3 Å². The molecule has 0 aliphatic heterocycles. The highest BCUT2D eigenvalue weighted by Crippen LogP contribution is 2.26. The Morgan fingerprint density at radius 2 is 2.08 bits per heavy atom. The maximum absolute atomic E-state index is 12.2. The van der Waals surface area contributed by atoms with Gasteiger partial charge in [0, 0.05) is 37.7 Å². The first-order valence-corrected chi connectivity index (χ1v) is 8.16. The second-order valence-electron chi connectivity index (χ2n) is 5.66. The number of nitrogens with one attached hydrogen (secondary N) is 2. The third kappa shape index (κ3) is 5.30. The van der Waals surface area contributed by atoms with Gasteiger partial charge in [-0.1, -0.05) is 11.6 Å². The number of carbonyl (C=O) groups excluding carboxylic acids is 2. The van der Waals surface area contributed by atoms with E-state index in [-0.39, 0.29) is 24.5 Å². The maximum Gasteiger partial charge on any atom is 0.250 e. The molecule has 0 aliphatic rings. The fourth-order valence-electron chi connectivity index (χ4n) is 2.44. The number of hydrogen-bond donors (Lipinski definition) is 2. The molecule has 0 spiro atoms. The number of benzene rings is 1. The van der Waals surface area contributed by atoms with Gasteiger partial charge in [-0.05, 0) is 32.0 Å². The summed E-state index contributed by atoms with van der Waals surface area (Å²) in [6.07, 6.45) is 3.86. The molecule has 2 N–H and O–H groups in total. The molecule has 7 nitrogen and oxygen atoms in total. The number of aromatic nitrogens is 2. The molecule has 0 saturated carbocycles. The van der Waals surface area contributed by atoms with Gasteiger partial charge >= 0.3 is 0 Å². The first-order chi connectivity index (χ1) is 11.9. The lowest BCUT2D eigenvalue weighted by Gasteiger charge is -2.15. The molecule has 0 fully saturated rings. The van der Waals surface area contributed by atoms with Crippen molar-refractivity contribution in [1.29, 1.82) is 0 Å². The third-order valence-corrected chi connectivity index (χ3v) is 3.93. The van der Waals surface area contributed by atoms with Crippen molar-refractivity contribution in [3.63, 3.8) is 0 Å². The Morgan fingerprint density at radius 1 is 1.32 bits per heavy atom. The van der Waals surface area contributed by atoms with Gasteiger partial charge in [-0.2, -0.15) is 0 Å². The summed E-state index contributed by atoms with van der Waals surface area (Å²) in [6, 6.07) is 4.90. The number of hydrogen-bond acceptors (Lipinski definition) is 4. The zero-order valence-corrected chi connectivity index (χ0v) is 15.1. The molecular formula is C17H21ClN4O3. The first kappa shape index (κ1) is 19.0. The summed E-state index contributed by atoms with van der Waals surface area (Å²) in [4.78, 5) is 27.9. The molecule has 2 aromatic rings. The SMILES string of the molecule is COCC(=O)Nc1ccc(NC(=O)CC(C)n2ccnc2C)cc1Cl. The van der Waals surface area contributed by atoms with E-state index in [0.717, 1.165) is 5.82 Å². The van der Waals surface area contributed by atoms with Gasteiger partial charge in [0.1, 0.15) is 12.4 Å². The molecular weight excluding hydrogens is 344 g/mol. The minimum absolute atomic E-state index is 0.00872. The first-order valence-electron chi connectivity index (χ1n) is 7.78. The van der Waals surface area contributed by atoms with Crippen molar-refractivity contribution >= 4 is 34.8 Å². The summed E-state index contributed by atoms with van der Waals surface area (Å²) < 4.78 is 6.69. The van der Waals surface area contributed by atoms with Crippen LogP contribution in [0.3, 0.4) is 0 Å². The predicted octanol–water partition coefficient (Wildman–Crippen LogP) is 3.02. The van der Waals surface area contributed by atoms with Crippen LogP contribution in [0.5, 0.6) is 0 Å². The molecule has 1 aromatic heterocycles. The van der Waals surface area contributed by atoms with Crippen molar-refractivity contribution in [3.8, 4) is 0 Å². The molecule has 0 bridgehead atoms. The van der Waals surface area contributed by atoms with Crippen LogP contribution in [0.25, 0.3) is 0 Å². The van der Waals surface area contributed by atoms with Crippen molar-refractivity contribution in [2.24, 2.45) is 0 Å². The van der Waals surface area contributed by atoms with Crippen molar-refractivity contribution in [1.82, 2.24) is 9.55 Å². The Bertz CT molecular complexity index is 760. The van der Waals surface area contributed by atoms with Gasteiger partial charge in [-0.15, -0.1) is 0 Å². The van der Waals surface area contributed by atoms with Crippen LogP contribution < -0.4 is 10.6 Å². The van der Waals surface area contributed by atoms with Crippen molar-refractivity contribution in [3.05, 3.63) is 41.4 Å². The lowest BCUT2D eigenvalue weighted by molar-refractivity contribution is -0.119. The molecule has 0 aliphatic carbocycles. The number of rotatable bonds is 7. The summed E-state index contributed by atoms with van der Waals surface area (Å²) in [6.45, 7) is 3.79. The van der Waals surface area contributed by atoms with E-state index in [9.17, 15) is 9.59 Å². The lowest BCUT2D eigenvalue weighted by Crippen LogP contribution is -2.18. The number of aryl methyl sites for hydroxylation is 1.